The second-order valence-electron chi connectivity index (χ2n) is 7.80. The van der Waals surface area contributed by atoms with Crippen molar-refractivity contribution in [3.05, 3.63) is 52.1 Å². The van der Waals surface area contributed by atoms with Crippen molar-refractivity contribution in [1.29, 1.82) is 0 Å². The molecule has 0 saturated carbocycles. The van der Waals surface area contributed by atoms with Gasteiger partial charge in [0.2, 0.25) is 5.91 Å². The number of halogens is 3. The Morgan fingerprint density at radius 2 is 1.97 bits per heavy atom. The molecule has 1 saturated heterocycles. The summed E-state index contributed by atoms with van der Waals surface area (Å²) in [6.07, 6.45) is 3.22. The minimum atomic E-state index is -0.429. The van der Waals surface area contributed by atoms with Crippen LogP contribution in [0.3, 0.4) is 0 Å². The van der Waals surface area contributed by atoms with Crippen molar-refractivity contribution in [2.45, 2.75) is 26.4 Å². The predicted octanol–water partition coefficient (Wildman–Crippen LogP) is 3.84. The van der Waals surface area contributed by atoms with Gasteiger partial charge >= 0.3 is 0 Å². The molecule has 0 bridgehead atoms. The number of rotatable bonds is 5. The molecule has 0 N–H and O–H groups in total. The van der Waals surface area contributed by atoms with E-state index in [2.05, 4.69) is 15.1 Å². The number of amides is 1. The zero-order valence-electron chi connectivity index (χ0n) is 18.4. The van der Waals surface area contributed by atoms with E-state index in [-0.39, 0.29) is 23.5 Å². The molecule has 11 heteroatoms. The molecule has 1 fully saturated rings. The van der Waals surface area contributed by atoms with E-state index in [1.165, 1.54) is 17.9 Å². The Bertz CT molecular complexity index is 1170. The standard InChI is InChI=1S/C22H23Cl2FN6O2/c1-13-11-29(17-10-18(33-3)15(23)9-16(17)25)7-8-30(13)19(32)12-31-21(20(24)14(2)28-31)22-26-5-4-6-27-22/h4-6,9-10,13H,7-8,11-12H2,1-3H3. The molecule has 0 aliphatic carbocycles. The molecule has 1 aliphatic rings. The monoisotopic (exact) mass is 492 g/mol. The van der Waals surface area contributed by atoms with Crippen LogP contribution in [-0.4, -0.2) is 63.3 Å². The molecule has 1 aliphatic heterocycles. The Labute approximate surface area is 200 Å². The fourth-order valence-corrected chi connectivity index (χ4v) is 4.44. The van der Waals surface area contributed by atoms with E-state index < -0.39 is 5.82 Å². The topological polar surface area (TPSA) is 76.4 Å². The van der Waals surface area contributed by atoms with Gasteiger partial charge in [-0.15, -0.1) is 0 Å². The fourth-order valence-electron chi connectivity index (χ4n) is 3.99. The maximum Gasteiger partial charge on any atom is 0.244 e. The predicted molar refractivity (Wildman–Crippen MR) is 124 cm³/mol. The van der Waals surface area contributed by atoms with Crippen LogP contribution < -0.4 is 9.64 Å². The average Bonchev–Trinajstić information content (AvgIpc) is 3.07. The molecule has 174 valence electrons. The van der Waals surface area contributed by atoms with Crippen molar-refractivity contribution in [3.8, 4) is 17.3 Å². The summed E-state index contributed by atoms with van der Waals surface area (Å²) < 4.78 is 21.3. The summed E-state index contributed by atoms with van der Waals surface area (Å²) in [6, 6.07) is 4.38. The Kier molecular flexibility index (Phi) is 6.71. The smallest absolute Gasteiger partial charge is 0.244 e. The number of aryl methyl sites for hydroxylation is 1. The Balaban J connectivity index is 1.51. The molecule has 33 heavy (non-hydrogen) atoms. The number of piperazine rings is 1. The number of carbonyl (C=O) groups is 1. The van der Waals surface area contributed by atoms with Crippen molar-refractivity contribution in [2.24, 2.45) is 0 Å². The van der Waals surface area contributed by atoms with Gasteiger partial charge in [-0.05, 0) is 26.0 Å². The summed E-state index contributed by atoms with van der Waals surface area (Å²) in [5.41, 5.74) is 1.50. The van der Waals surface area contributed by atoms with E-state index in [1.807, 2.05) is 11.8 Å². The fraction of sp³-hybridized carbons (Fsp3) is 0.364. The molecule has 1 amide bonds. The van der Waals surface area contributed by atoms with Crippen LogP contribution >= 0.6 is 23.2 Å². The summed E-state index contributed by atoms with van der Waals surface area (Å²) in [7, 11) is 1.49. The Morgan fingerprint density at radius 1 is 1.24 bits per heavy atom. The first-order chi connectivity index (χ1) is 15.8. The molecule has 1 unspecified atom stereocenters. The van der Waals surface area contributed by atoms with Crippen molar-refractivity contribution in [1.82, 2.24) is 24.6 Å². The van der Waals surface area contributed by atoms with Crippen LogP contribution in [-0.2, 0) is 11.3 Å². The number of ether oxygens (including phenoxy) is 1. The van der Waals surface area contributed by atoms with Crippen molar-refractivity contribution in [3.63, 3.8) is 0 Å². The number of benzene rings is 1. The number of carbonyl (C=O) groups excluding carboxylic acids is 1. The van der Waals surface area contributed by atoms with E-state index >= 15 is 0 Å². The van der Waals surface area contributed by atoms with Gasteiger partial charge in [-0.3, -0.25) is 9.48 Å². The van der Waals surface area contributed by atoms with Crippen LogP contribution in [0.4, 0.5) is 10.1 Å². The number of methoxy groups -OCH3 is 1. The van der Waals surface area contributed by atoms with Gasteiger partial charge in [-0.2, -0.15) is 5.10 Å². The lowest BCUT2D eigenvalue weighted by atomic mass is 10.1. The summed E-state index contributed by atoms with van der Waals surface area (Å²) in [4.78, 5) is 25.3. The van der Waals surface area contributed by atoms with Crippen LogP contribution in [0.25, 0.3) is 11.5 Å². The minimum Gasteiger partial charge on any atom is -0.495 e. The third-order valence-electron chi connectivity index (χ3n) is 5.63. The van der Waals surface area contributed by atoms with Crippen LogP contribution in [0, 0.1) is 12.7 Å². The van der Waals surface area contributed by atoms with Crippen molar-refractivity contribution >= 4 is 34.8 Å². The zero-order chi connectivity index (χ0) is 23.7. The number of aromatic nitrogens is 4. The van der Waals surface area contributed by atoms with E-state index in [1.54, 1.807) is 36.4 Å². The van der Waals surface area contributed by atoms with Crippen LogP contribution in [0.5, 0.6) is 5.75 Å². The summed E-state index contributed by atoms with van der Waals surface area (Å²) in [5.74, 6) is 0.260. The van der Waals surface area contributed by atoms with Gasteiger partial charge in [-0.1, -0.05) is 23.2 Å². The maximum absolute atomic E-state index is 14.6. The highest BCUT2D eigenvalue weighted by molar-refractivity contribution is 6.33. The van der Waals surface area contributed by atoms with E-state index in [0.29, 0.717) is 53.3 Å². The van der Waals surface area contributed by atoms with Gasteiger partial charge < -0.3 is 14.5 Å². The Hall–Kier alpha value is -2.91. The lowest BCUT2D eigenvalue weighted by molar-refractivity contribution is -0.134. The minimum absolute atomic E-state index is 0.00534. The number of hydrogen-bond acceptors (Lipinski definition) is 6. The molecular formula is C22H23Cl2FN6O2. The summed E-state index contributed by atoms with van der Waals surface area (Å²) >= 11 is 12.5. The quantitative estimate of drug-likeness (QED) is 0.538. The highest BCUT2D eigenvalue weighted by Gasteiger charge is 2.30. The van der Waals surface area contributed by atoms with Crippen LogP contribution in [0.1, 0.15) is 12.6 Å². The number of anilines is 1. The number of nitrogens with zero attached hydrogens (tertiary/aromatic N) is 6. The lowest BCUT2D eigenvalue weighted by Gasteiger charge is -2.41. The first-order valence-corrected chi connectivity index (χ1v) is 11.1. The largest absolute Gasteiger partial charge is 0.495 e. The molecule has 1 atom stereocenters. The Morgan fingerprint density at radius 3 is 2.64 bits per heavy atom. The molecule has 3 heterocycles. The lowest BCUT2D eigenvalue weighted by Crippen LogP contribution is -2.55. The van der Waals surface area contributed by atoms with E-state index in [0.717, 1.165) is 0 Å². The zero-order valence-corrected chi connectivity index (χ0v) is 19.9. The summed E-state index contributed by atoms with van der Waals surface area (Å²) in [6.45, 7) is 5.04. The van der Waals surface area contributed by atoms with Gasteiger partial charge in [0, 0.05) is 44.1 Å². The third-order valence-corrected chi connectivity index (χ3v) is 6.37. The molecule has 4 rings (SSSR count). The van der Waals surface area contributed by atoms with Gasteiger partial charge in [0.1, 0.15) is 23.8 Å². The van der Waals surface area contributed by atoms with Gasteiger partial charge in [0.25, 0.3) is 0 Å². The van der Waals surface area contributed by atoms with Crippen LogP contribution in [0.2, 0.25) is 10.0 Å². The second kappa shape index (κ2) is 9.52. The highest BCUT2D eigenvalue weighted by atomic mass is 35.5. The van der Waals surface area contributed by atoms with E-state index in [4.69, 9.17) is 27.9 Å². The van der Waals surface area contributed by atoms with Gasteiger partial charge in [-0.25, -0.2) is 14.4 Å². The van der Waals surface area contributed by atoms with Crippen molar-refractivity contribution in [2.75, 3.05) is 31.6 Å². The normalized spacial score (nSPS) is 16.2. The summed E-state index contributed by atoms with van der Waals surface area (Å²) in [5, 5.41) is 5.05. The molecule has 2 aromatic heterocycles. The van der Waals surface area contributed by atoms with Gasteiger partial charge in [0.15, 0.2) is 5.82 Å². The number of hydrogen-bond donors (Lipinski definition) is 0. The molecule has 0 spiro atoms. The SMILES string of the molecule is COc1cc(N2CCN(C(=O)Cn3nc(C)c(Cl)c3-c3ncccn3)C(C)C2)c(F)cc1Cl. The first kappa shape index (κ1) is 23.3. The molecule has 3 aromatic rings. The van der Waals surface area contributed by atoms with Crippen LogP contribution in [0.15, 0.2) is 30.6 Å². The second-order valence-corrected chi connectivity index (χ2v) is 8.58. The van der Waals surface area contributed by atoms with Crippen molar-refractivity contribution < 1.29 is 13.9 Å². The first-order valence-electron chi connectivity index (χ1n) is 10.4. The third kappa shape index (κ3) is 4.60. The van der Waals surface area contributed by atoms with Gasteiger partial charge in [0.05, 0.1) is 28.5 Å². The van der Waals surface area contributed by atoms with E-state index in [9.17, 15) is 9.18 Å². The maximum atomic E-state index is 14.6. The molecule has 0 radical (unpaired) electrons. The average molecular weight is 493 g/mol. The highest BCUT2D eigenvalue weighted by Crippen LogP contribution is 2.33. The molecular weight excluding hydrogens is 470 g/mol. The molecule has 1 aromatic carbocycles. The molecule has 8 nitrogen and oxygen atoms in total.